The van der Waals surface area contributed by atoms with Gasteiger partial charge in [0.1, 0.15) is 0 Å². The molecule has 0 aliphatic carbocycles. The molecule has 0 radical (unpaired) electrons. The summed E-state index contributed by atoms with van der Waals surface area (Å²) in [6, 6.07) is 0.460. The molecule has 1 aromatic heterocycles. The zero-order valence-electron chi connectivity index (χ0n) is 6.99. The number of aromatic nitrogens is 3. The maximum Gasteiger partial charge on any atom is 0.0715 e. The summed E-state index contributed by atoms with van der Waals surface area (Å²) in [5.41, 5.74) is 3.17. The third kappa shape index (κ3) is 2.57. The first-order valence-corrected chi connectivity index (χ1v) is 3.95. The summed E-state index contributed by atoms with van der Waals surface area (Å²) in [7, 11) is 0. The van der Waals surface area contributed by atoms with E-state index < -0.39 is 0 Å². The van der Waals surface area contributed by atoms with Crippen molar-refractivity contribution in [1.29, 1.82) is 0 Å². The Morgan fingerprint density at radius 2 is 2.45 bits per heavy atom. The van der Waals surface area contributed by atoms with Gasteiger partial charge in [-0.25, -0.2) is 0 Å². The molecule has 4 nitrogen and oxygen atoms in total. The van der Waals surface area contributed by atoms with Gasteiger partial charge in [0.2, 0.25) is 0 Å². The van der Waals surface area contributed by atoms with Crippen LogP contribution in [0.4, 0.5) is 0 Å². The molecule has 0 saturated carbocycles. The predicted molar refractivity (Wildman–Crippen MR) is 43.8 cm³/mol. The highest BCUT2D eigenvalue weighted by molar-refractivity contribution is 4.77. The minimum atomic E-state index is 0.460. The van der Waals surface area contributed by atoms with E-state index >= 15 is 0 Å². The summed E-state index contributed by atoms with van der Waals surface area (Å²) in [6.07, 6.45) is 5.79. The van der Waals surface area contributed by atoms with Gasteiger partial charge in [-0.2, -0.15) is 4.79 Å². The Labute approximate surface area is 66.6 Å². The number of hydrogen-bond acceptors (Lipinski definition) is 3. The summed E-state index contributed by atoms with van der Waals surface area (Å²) in [5, 5.41) is 7.48. The predicted octanol–water partition coefficient (Wildman–Crippen LogP) is 1.01. The molecule has 1 N–H and O–H groups in total. The van der Waals surface area contributed by atoms with E-state index in [0.29, 0.717) is 6.04 Å². The van der Waals surface area contributed by atoms with Crippen LogP contribution in [0.15, 0.2) is 12.4 Å². The van der Waals surface area contributed by atoms with Crippen LogP contribution in [0.1, 0.15) is 26.7 Å². The molecule has 0 aliphatic heterocycles. The first kappa shape index (κ1) is 8.04. The van der Waals surface area contributed by atoms with Gasteiger partial charge in [-0.1, -0.05) is 13.3 Å². The molecule has 1 rings (SSSR count). The molecule has 0 fully saturated rings. The first-order valence-electron chi connectivity index (χ1n) is 3.95. The summed E-state index contributed by atoms with van der Waals surface area (Å²) >= 11 is 0. The van der Waals surface area contributed by atoms with Crippen LogP contribution in [0.25, 0.3) is 0 Å². The van der Waals surface area contributed by atoms with E-state index in [9.17, 15) is 0 Å². The van der Waals surface area contributed by atoms with Crippen LogP contribution in [0.2, 0.25) is 0 Å². The highest BCUT2D eigenvalue weighted by Crippen LogP contribution is 1.95. The molecule has 0 spiro atoms. The minimum Gasteiger partial charge on any atom is -0.306 e. The zero-order valence-corrected chi connectivity index (χ0v) is 6.99. The molecule has 1 unspecified atom stereocenters. The Kier molecular flexibility index (Phi) is 2.89. The van der Waals surface area contributed by atoms with E-state index in [2.05, 4.69) is 29.6 Å². The SMILES string of the molecule is CCCC(C)Nn1ccnn1. The number of nitrogens with one attached hydrogen (secondary N) is 1. The lowest BCUT2D eigenvalue weighted by atomic mass is 10.2. The number of nitrogens with zero attached hydrogens (tertiary/aromatic N) is 3. The third-order valence-corrected chi connectivity index (χ3v) is 1.50. The number of hydrogen-bond donors (Lipinski definition) is 1. The van der Waals surface area contributed by atoms with Gasteiger partial charge in [0.25, 0.3) is 0 Å². The molecule has 0 saturated heterocycles. The minimum absolute atomic E-state index is 0.460. The monoisotopic (exact) mass is 154 g/mol. The largest absolute Gasteiger partial charge is 0.306 e. The van der Waals surface area contributed by atoms with Gasteiger partial charge in [-0.15, -0.1) is 5.10 Å². The Bertz CT molecular complexity index is 182. The van der Waals surface area contributed by atoms with Crippen molar-refractivity contribution >= 4 is 0 Å². The van der Waals surface area contributed by atoms with Crippen molar-refractivity contribution in [3.05, 3.63) is 12.4 Å². The topological polar surface area (TPSA) is 42.7 Å². The lowest BCUT2D eigenvalue weighted by molar-refractivity contribution is 0.577. The van der Waals surface area contributed by atoms with E-state index in [1.54, 1.807) is 17.2 Å². The lowest BCUT2D eigenvalue weighted by Crippen LogP contribution is -2.25. The second-order valence-electron chi connectivity index (χ2n) is 2.67. The van der Waals surface area contributed by atoms with Gasteiger partial charge >= 0.3 is 0 Å². The maximum atomic E-state index is 3.79. The molecule has 0 bridgehead atoms. The van der Waals surface area contributed by atoms with Crippen molar-refractivity contribution in [1.82, 2.24) is 15.1 Å². The van der Waals surface area contributed by atoms with Crippen LogP contribution in [-0.2, 0) is 0 Å². The van der Waals surface area contributed by atoms with Crippen molar-refractivity contribution in [3.8, 4) is 0 Å². The van der Waals surface area contributed by atoms with Gasteiger partial charge in [-0.3, -0.25) is 0 Å². The number of rotatable bonds is 4. The molecule has 1 heterocycles. The average molecular weight is 154 g/mol. The quantitative estimate of drug-likeness (QED) is 0.703. The molecule has 0 amide bonds. The van der Waals surface area contributed by atoms with Gasteiger partial charge in [-0.05, 0) is 18.6 Å². The Morgan fingerprint density at radius 1 is 1.64 bits per heavy atom. The third-order valence-electron chi connectivity index (χ3n) is 1.50. The molecule has 62 valence electrons. The highest BCUT2D eigenvalue weighted by Gasteiger charge is 1.98. The van der Waals surface area contributed by atoms with Crippen LogP contribution in [0.3, 0.4) is 0 Å². The van der Waals surface area contributed by atoms with E-state index in [-0.39, 0.29) is 0 Å². The van der Waals surface area contributed by atoms with E-state index in [1.165, 1.54) is 6.42 Å². The van der Waals surface area contributed by atoms with Crippen LogP contribution < -0.4 is 5.43 Å². The maximum absolute atomic E-state index is 3.79. The van der Waals surface area contributed by atoms with Crippen LogP contribution in [0.5, 0.6) is 0 Å². The fourth-order valence-corrected chi connectivity index (χ4v) is 1.00. The fraction of sp³-hybridized carbons (Fsp3) is 0.714. The Balaban J connectivity index is 2.31. The molecule has 0 aromatic carbocycles. The van der Waals surface area contributed by atoms with E-state index in [4.69, 9.17) is 0 Å². The van der Waals surface area contributed by atoms with Crippen molar-refractivity contribution in [2.24, 2.45) is 0 Å². The van der Waals surface area contributed by atoms with Crippen molar-refractivity contribution < 1.29 is 0 Å². The second-order valence-corrected chi connectivity index (χ2v) is 2.67. The molecule has 0 aliphatic rings. The van der Waals surface area contributed by atoms with E-state index in [1.807, 2.05) is 0 Å². The molecule has 1 aromatic rings. The van der Waals surface area contributed by atoms with Gasteiger partial charge in [0.05, 0.1) is 12.4 Å². The normalized spacial score (nSPS) is 12.9. The average Bonchev–Trinajstić information content (AvgIpc) is 2.40. The summed E-state index contributed by atoms with van der Waals surface area (Å²) in [4.78, 5) is 1.64. The second kappa shape index (κ2) is 3.95. The van der Waals surface area contributed by atoms with E-state index in [0.717, 1.165) is 6.42 Å². The Morgan fingerprint density at radius 3 is 3.00 bits per heavy atom. The van der Waals surface area contributed by atoms with Crippen molar-refractivity contribution in [3.63, 3.8) is 0 Å². The summed E-state index contributed by atoms with van der Waals surface area (Å²) < 4.78 is 0. The van der Waals surface area contributed by atoms with Crippen LogP contribution >= 0.6 is 0 Å². The fourth-order valence-electron chi connectivity index (χ4n) is 1.00. The van der Waals surface area contributed by atoms with Crippen molar-refractivity contribution in [2.75, 3.05) is 5.43 Å². The molecule has 1 atom stereocenters. The highest BCUT2D eigenvalue weighted by atomic mass is 15.6. The van der Waals surface area contributed by atoms with Crippen LogP contribution in [0, 0.1) is 0 Å². The molecule has 11 heavy (non-hydrogen) atoms. The summed E-state index contributed by atoms with van der Waals surface area (Å²) in [6.45, 7) is 4.30. The zero-order chi connectivity index (χ0) is 8.10. The van der Waals surface area contributed by atoms with Gasteiger partial charge in [0, 0.05) is 6.04 Å². The van der Waals surface area contributed by atoms with Crippen LogP contribution in [-0.4, -0.2) is 21.1 Å². The lowest BCUT2D eigenvalue weighted by Gasteiger charge is -2.12. The molecular weight excluding hydrogens is 140 g/mol. The smallest absolute Gasteiger partial charge is 0.0715 e. The van der Waals surface area contributed by atoms with Gasteiger partial charge in [0.15, 0.2) is 0 Å². The molecule has 4 heteroatoms. The molecular formula is C7H14N4. The first-order chi connectivity index (χ1) is 5.33. The standard InChI is InChI=1S/C7H14N4/c1-3-4-7(2)9-11-6-5-8-10-11/h5-7,9H,3-4H2,1-2H3. The van der Waals surface area contributed by atoms with Gasteiger partial charge < -0.3 is 5.43 Å². The summed E-state index contributed by atoms with van der Waals surface area (Å²) in [5.74, 6) is 0. The van der Waals surface area contributed by atoms with Crippen molar-refractivity contribution in [2.45, 2.75) is 32.7 Å². The Hall–Kier alpha value is -1.06.